The fourth-order valence-corrected chi connectivity index (χ4v) is 2.60. The van der Waals surface area contributed by atoms with Crippen LogP contribution in [0.15, 0.2) is 12.4 Å². The Kier molecular flexibility index (Phi) is 3.71. The lowest BCUT2D eigenvalue weighted by Gasteiger charge is -2.23. The monoisotopic (exact) mass is 251 g/mol. The summed E-state index contributed by atoms with van der Waals surface area (Å²) in [6, 6.07) is 0. The maximum Gasteiger partial charge on any atom is 0.310 e. The van der Waals surface area contributed by atoms with E-state index in [-0.39, 0.29) is 0 Å². The molecule has 5 nitrogen and oxygen atoms in total. The molecule has 0 amide bonds. The van der Waals surface area contributed by atoms with Crippen molar-refractivity contribution in [2.24, 2.45) is 5.41 Å². The summed E-state index contributed by atoms with van der Waals surface area (Å²) in [5.41, 5.74) is 0.630. The van der Waals surface area contributed by atoms with Crippen molar-refractivity contribution in [2.75, 3.05) is 19.6 Å². The van der Waals surface area contributed by atoms with Crippen LogP contribution >= 0.6 is 0 Å². The van der Waals surface area contributed by atoms with E-state index in [4.69, 9.17) is 0 Å². The summed E-state index contributed by atoms with van der Waals surface area (Å²) >= 11 is 0. The molecule has 100 valence electrons. The Hall–Kier alpha value is -1.36. The Balaban J connectivity index is 1.88. The van der Waals surface area contributed by atoms with Gasteiger partial charge in [-0.05, 0) is 31.9 Å². The molecule has 2 heterocycles. The van der Waals surface area contributed by atoms with E-state index in [1.54, 1.807) is 0 Å². The van der Waals surface area contributed by atoms with E-state index in [9.17, 15) is 9.90 Å². The van der Waals surface area contributed by atoms with Crippen LogP contribution in [-0.4, -0.2) is 45.4 Å². The Morgan fingerprint density at radius 1 is 1.56 bits per heavy atom. The number of aryl methyl sites for hydroxylation is 1. The van der Waals surface area contributed by atoms with Gasteiger partial charge in [0.1, 0.15) is 0 Å². The number of carbonyl (C=O) groups is 1. The zero-order valence-corrected chi connectivity index (χ0v) is 11.1. The molecule has 18 heavy (non-hydrogen) atoms. The molecule has 1 aromatic rings. The van der Waals surface area contributed by atoms with Crippen LogP contribution in [0.5, 0.6) is 0 Å². The van der Waals surface area contributed by atoms with Gasteiger partial charge in [0.05, 0.1) is 18.2 Å². The van der Waals surface area contributed by atoms with E-state index in [2.05, 4.69) is 10.00 Å². The molecule has 0 aromatic carbocycles. The van der Waals surface area contributed by atoms with Crippen molar-refractivity contribution in [3.8, 4) is 0 Å². The third-order valence-corrected chi connectivity index (χ3v) is 3.97. The first-order valence-corrected chi connectivity index (χ1v) is 6.50. The molecule has 1 atom stereocenters. The first-order valence-electron chi connectivity index (χ1n) is 6.50. The third kappa shape index (κ3) is 2.56. The van der Waals surface area contributed by atoms with Gasteiger partial charge >= 0.3 is 5.97 Å². The van der Waals surface area contributed by atoms with Crippen molar-refractivity contribution in [2.45, 2.75) is 33.2 Å². The average molecular weight is 251 g/mol. The van der Waals surface area contributed by atoms with Gasteiger partial charge in [-0.2, -0.15) is 5.10 Å². The summed E-state index contributed by atoms with van der Waals surface area (Å²) in [7, 11) is 0. The summed E-state index contributed by atoms with van der Waals surface area (Å²) in [5.74, 6) is -0.651. The van der Waals surface area contributed by atoms with Gasteiger partial charge in [0.25, 0.3) is 0 Å². The van der Waals surface area contributed by atoms with Crippen molar-refractivity contribution in [3.05, 3.63) is 18.0 Å². The third-order valence-electron chi connectivity index (χ3n) is 3.97. The molecule has 1 saturated heterocycles. The normalized spacial score (nSPS) is 24.6. The standard InChI is InChI=1S/C13H21N3O2/c1-3-13(12(17)18)4-5-15(10-13)6-7-16-9-11(2)8-14-16/h8-9H,3-7,10H2,1-2H3,(H,17,18). The summed E-state index contributed by atoms with van der Waals surface area (Å²) in [6.07, 6.45) is 5.33. The lowest BCUT2D eigenvalue weighted by Crippen LogP contribution is -2.35. The molecule has 1 aliphatic heterocycles. The number of aromatic nitrogens is 2. The van der Waals surface area contributed by atoms with Crippen molar-refractivity contribution < 1.29 is 9.90 Å². The molecule has 1 aliphatic rings. The van der Waals surface area contributed by atoms with E-state index in [0.29, 0.717) is 13.0 Å². The van der Waals surface area contributed by atoms with Gasteiger partial charge in [-0.3, -0.25) is 9.48 Å². The first-order chi connectivity index (χ1) is 8.55. The Morgan fingerprint density at radius 3 is 2.83 bits per heavy atom. The van der Waals surface area contributed by atoms with Crippen LogP contribution in [0.25, 0.3) is 0 Å². The largest absolute Gasteiger partial charge is 0.481 e. The number of aliphatic carboxylic acids is 1. The molecule has 1 N–H and O–H groups in total. The molecule has 1 unspecified atom stereocenters. The van der Waals surface area contributed by atoms with Gasteiger partial charge < -0.3 is 10.0 Å². The SMILES string of the molecule is CCC1(C(=O)O)CCN(CCn2cc(C)cn2)C1. The second kappa shape index (κ2) is 5.10. The number of nitrogens with zero attached hydrogens (tertiary/aromatic N) is 3. The fourth-order valence-electron chi connectivity index (χ4n) is 2.60. The minimum absolute atomic E-state index is 0.528. The van der Waals surface area contributed by atoms with Gasteiger partial charge in [0.15, 0.2) is 0 Å². The van der Waals surface area contributed by atoms with Crippen LogP contribution in [0.1, 0.15) is 25.3 Å². The van der Waals surface area contributed by atoms with Crippen LogP contribution < -0.4 is 0 Å². The maximum absolute atomic E-state index is 11.3. The van der Waals surface area contributed by atoms with Crippen LogP contribution in [-0.2, 0) is 11.3 Å². The number of carboxylic acids is 1. The molecule has 5 heteroatoms. The molecule has 0 aliphatic carbocycles. The second-order valence-corrected chi connectivity index (χ2v) is 5.25. The molecule has 0 saturated carbocycles. The summed E-state index contributed by atoms with van der Waals surface area (Å²) in [4.78, 5) is 13.6. The average Bonchev–Trinajstić information content (AvgIpc) is 2.93. The number of hydrogen-bond acceptors (Lipinski definition) is 3. The van der Waals surface area contributed by atoms with Crippen LogP contribution in [0, 0.1) is 12.3 Å². The molecular formula is C13H21N3O2. The van der Waals surface area contributed by atoms with Crippen molar-refractivity contribution in [3.63, 3.8) is 0 Å². The highest BCUT2D eigenvalue weighted by Crippen LogP contribution is 2.33. The maximum atomic E-state index is 11.3. The van der Waals surface area contributed by atoms with Crippen LogP contribution in [0.3, 0.4) is 0 Å². The fraction of sp³-hybridized carbons (Fsp3) is 0.692. The molecule has 1 fully saturated rings. The lowest BCUT2D eigenvalue weighted by atomic mass is 9.84. The zero-order chi connectivity index (χ0) is 13.2. The Labute approximate surface area is 107 Å². The number of likely N-dealkylation sites (tertiary alicyclic amines) is 1. The van der Waals surface area contributed by atoms with Crippen molar-refractivity contribution >= 4 is 5.97 Å². The van der Waals surface area contributed by atoms with Crippen molar-refractivity contribution in [1.29, 1.82) is 0 Å². The van der Waals surface area contributed by atoms with E-state index < -0.39 is 11.4 Å². The molecule has 0 spiro atoms. The predicted molar refractivity (Wildman–Crippen MR) is 68.4 cm³/mol. The molecule has 2 rings (SSSR count). The van der Waals surface area contributed by atoms with Gasteiger partial charge in [-0.15, -0.1) is 0 Å². The second-order valence-electron chi connectivity index (χ2n) is 5.25. The molecule has 1 aromatic heterocycles. The molecule has 0 bridgehead atoms. The summed E-state index contributed by atoms with van der Waals surface area (Å²) < 4.78 is 1.92. The predicted octanol–water partition coefficient (Wildman–Crippen LogP) is 1.38. The summed E-state index contributed by atoms with van der Waals surface area (Å²) in [6.45, 7) is 7.23. The Morgan fingerprint density at radius 2 is 2.33 bits per heavy atom. The highest BCUT2D eigenvalue weighted by atomic mass is 16.4. The van der Waals surface area contributed by atoms with E-state index in [0.717, 1.165) is 31.6 Å². The minimum atomic E-state index is -0.651. The minimum Gasteiger partial charge on any atom is -0.481 e. The van der Waals surface area contributed by atoms with Crippen LogP contribution in [0.4, 0.5) is 0 Å². The van der Waals surface area contributed by atoms with E-state index in [1.165, 1.54) is 0 Å². The lowest BCUT2D eigenvalue weighted by molar-refractivity contribution is -0.148. The zero-order valence-electron chi connectivity index (χ0n) is 11.1. The van der Waals surface area contributed by atoms with Gasteiger partial charge in [0, 0.05) is 19.3 Å². The van der Waals surface area contributed by atoms with E-state index in [1.807, 2.05) is 30.9 Å². The first kappa shape index (κ1) is 13.1. The van der Waals surface area contributed by atoms with Gasteiger partial charge in [0.2, 0.25) is 0 Å². The van der Waals surface area contributed by atoms with Crippen molar-refractivity contribution in [1.82, 2.24) is 14.7 Å². The highest BCUT2D eigenvalue weighted by molar-refractivity contribution is 5.75. The quantitative estimate of drug-likeness (QED) is 0.859. The smallest absolute Gasteiger partial charge is 0.310 e. The number of rotatable bonds is 5. The van der Waals surface area contributed by atoms with Crippen LogP contribution in [0.2, 0.25) is 0 Å². The molecular weight excluding hydrogens is 230 g/mol. The van der Waals surface area contributed by atoms with E-state index >= 15 is 0 Å². The highest BCUT2D eigenvalue weighted by Gasteiger charge is 2.42. The van der Waals surface area contributed by atoms with Gasteiger partial charge in [-0.1, -0.05) is 6.92 Å². The number of hydrogen-bond donors (Lipinski definition) is 1. The molecule has 0 radical (unpaired) electrons. The number of carboxylic acid groups (broad SMARTS) is 1. The van der Waals surface area contributed by atoms with Gasteiger partial charge in [-0.25, -0.2) is 0 Å². The topological polar surface area (TPSA) is 58.4 Å². The Bertz CT molecular complexity index is 430. The summed E-state index contributed by atoms with van der Waals surface area (Å²) in [5, 5.41) is 13.6.